The van der Waals surface area contributed by atoms with E-state index in [1.807, 2.05) is 30.3 Å². The van der Waals surface area contributed by atoms with Crippen LogP contribution in [-0.4, -0.2) is 66.2 Å². The highest BCUT2D eigenvalue weighted by molar-refractivity contribution is 5.67. The third-order valence-corrected chi connectivity index (χ3v) is 3.90. The van der Waals surface area contributed by atoms with Crippen LogP contribution in [0.1, 0.15) is 12.5 Å². The summed E-state index contributed by atoms with van der Waals surface area (Å²) in [5, 5.41) is 21.2. The number of hydrogen-bond acceptors (Lipinski definition) is 7. The van der Waals surface area contributed by atoms with Crippen LogP contribution in [0.2, 0.25) is 0 Å². The number of methoxy groups -OCH3 is 2. The van der Waals surface area contributed by atoms with Crippen molar-refractivity contribution in [3.63, 3.8) is 0 Å². The molecule has 8 heteroatoms. The van der Waals surface area contributed by atoms with Crippen LogP contribution < -0.4 is 0 Å². The molecule has 1 aromatic rings. The molecule has 1 aliphatic heterocycles. The molecule has 8 nitrogen and oxygen atoms in total. The van der Waals surface area contributed by atoms with E-state index in [1.165, 1.54) is 14.2 Å². The number of benzene rings is 1. The van der Waals surface area contributed by atoms with E-state index in [9.17, 15) is 15.0 Å². The highest BCUT2D eigenvalue weighted by atomic mass is 16.8. The third-order valence-electron chi connectivity index (χ3n) is 3.90. The first kappa shape index (κ1) is 18.6. The van der Waals surface area contributed by atoms with E-state index < -0.39 is 36.7 Å². The van der Waals surface area contributed by atoms with Crippen LogP contribution in [0.25, 0.3) is 0 Å². The number of aliphatic hydroxyl groups is 2. The van der Waals surface area contributed by atoms with Gasteiger partial charge in [-0.2, -0.15) is 5.06 Å². The van der Waals surface area contributed by atoms with Crippen molar-refractivity contribution in [2.24, 2.45) is 0 Å². The zero-order chi connectivity index (χ0) is 17.7. The standard InChI is InChI=1S/C16H23NO7/c1-10-12(18)13(19)14(15(21-2)22-3)24-17(10)16(20)23-9-11-7-5-4-6-8-11/h4-8,10,12-15,18-19H,9H2,1-3H3/t10-,12+,13+,14-/m1/s1. The SMILES string of the molecule is COC(OC)[C@@H]1ON(C(=O)OCc2ccccc2)[C@H](C)[C@H](O)[C@@H]1O. The van der Waals surface area contributed by atoms with Crippen molar-refractivity contribution < 1.29 is 34.1 Å². The maximum Gasteiger partial charge on any atom is 0.434 e. The number of hydroxylamine groups is 2. The van der Waals surface area contributed by atoms with Crippen molar-refractivity contribution in [1.82, 2.24) is 5.06 Å². The summed E-state index contributed by atoms with van der Waals surface area (Å²) < 4.78 is 15.3. The van der Waals surface area contributed by atoms with Crippen LogP contribution in [-0.2, 0) is 25.7 Å². The number of carbonyl (C=O) groups excluding carboxylic acids is 1. The number of hydrogen-bond donors (Lipinski definition) is 2. The fraction of sp³-hybridized carbons (Fsp3) is 0.562. The first-order valence-corrected chi connectivity index (χ1v) is 7.58. The Morgan fingerprint density at radius 3 is 2.42 bits per heavy atom. The molecule has 0 spiro atoms. The second kappa shape index (κ2) is 8.41. The fourth-order valence-electron chi connectivity index (χ4n) is 2.48. The number of amides is 1. The largest absolute Gasteiger partial charge is 0.443 e. The Kier molecular flexibility index (Phi) is 6.52. The van der Waals surface area contributed by atoms with Crippen molar-refractivity contribution >= 4 is 6.09 Å². The Morgan fingerprint density at radius 1 is 1.21 bits per heavy atom. The molecular weight excluding hydrogens is 318 g/mol. The summed E-state index contributed by atoms with van der Waals surface area (Å²) >= 11 is 0. The van der Waals surface area contributed by atoms with Crippen molar-refractivity contribution in [2.45, 2.75) is 44.2 Å². The van der Waals surface area contributed by atoms with Crippen LogP contribution in [0.5, 0.6) is 0 Å². The molecule has 0 aliphatic carbocycles. The molecule has 134 valence electrons. The van der Waals surface area contributed by atoms with Gasteiger partial charge in [-0.3, -0.25) is 4.84 Å². The van der Waals surface area contributed by atoms with Crippen LogP contribution in [0.4, 0.5) is 4.79 Å². The quantitative estimate of drug-likeness (QED) is 0.760. The van der Waals surface area contributed by atoms with Crippen molar-refractivity contribution in [1.29, 1.82) is 0 Å². The zero-order valence-electron chi connectivity index (χ0n) is 13.9. The van der Waals surface area contributed by atoms with Crippen LogP contribution in [0.15, 0.2) is 30.3 Å². The van der Waals surface area contributed by atoms with Gasteiger partial charge in [-0.25, -0.2) is 4.79 Å². The molecular formula is C16H23NO7. The lowest BCUT2D eigenvalue weighted by Crippen LogP contribution is -2.63. The van der Waals surface area contributed by atoms with Gasteiger partial charge in [0.1, 0.15) is 18.8 Å². The smallest absolute Gasteiger partial charge is 0.434 e. The van der Waals surface area contributed by atoms with E-state index >= 15 is 0 Å². The molecule has 1 fully saturated rings. The molecule has 2 N–H and O–H groups in total. The maximum atomic E-state index is 12.3. The molecule has 0 saturated carbocycles. The summed E-state index contributed by atoms with van der Waals surface area (Å²) in [6, 6.07) is 8.37. The van der Waals surface area contributed by atoms with Gasteiger partial charge in [0.25, 0.3) is 0 Å². The molecule has 1 amide bonds. The second-order valence-corrected chi connectivity index (χ2v) is 5.50. The lowest BCUT2D eigenvalue weighted by Gasteiger charge is -2.43. The minimum atomic E-state index is -1.27. The van der Waals surface area contributed by atoms with Gasteiger partial charge in [-0.05, 0) is 12.5 Å². The predicted octanol–water partition coefficient (Wildman–Crippen LogP) is 0.668. The van der Waals surface area contributed by atoms with Crippen molar-refractivity contribution in [2.75, 3.05) is 14.2 Å². The summed E-state index contributed by atoms with van der Waals surface area (Å²) in [4.78, 5) is 17.8. The lowest BCUT2D eigenvalue weighted by atomic mass is 10.00. The minimum absolute atomic E-state index is 0.0630. The average molecular weight is 341 g/mol. The number of rotatable bonds is 5. The summed E-state index contributed by atoms with van der Waals surface area (Å²) in [7, 11) is 2.74. The number of ether oxygens (including phenoxy) is 3. The lowest BCUT2D eigenvalue weighted by molar-refractivity contribution is -0.331. The summed E-state index contributed by atoms with van der Waals surface area (Å²) in [5.74, 6) is 0. The van der Waals surface area contributed by atoms with Crippen molar-refractivity contribution in [3.05, 3.63) is 35.9 Å². The maximum absolute atomic E-state index is 12.3. The molecule has 1 saturated heterocycles. The molecule has 1 aromatic carbocycles. The molecule has 0 aromatic heterocycles. The molecule has 0 radical (unpaired) electrons. The zero-order valence-corrected chi connectivity index (χ0v) is 13.9. The molecule has 2 rings (SSSR count). The van der Waals surface area contributed by atoms with Gasteiger partial charge in [-0.1, -0.05) is 30.3 Å². The normalized spacial score (nSPS) is 27.3. The van der Waals surface area contributed by atoms with E-state index in [-0.39, 0.29) is 6.61 Å². The fourth-order valence-corrected chi connectivity index (χ4v) is 2.48. The highest BCUT2D eigenvalue weighted by Gasteiger charge is 2.47. The van der Waals surface area contributed by atoms with Gasteiger partial charge in [0.15, 0.2) is 12.4 Å². The first-order chi connectivity index (χ1) is 11.5. The number of nitrogens with zero attached hydrogens (tertiary/aromatic N) is 1. The Bertz CT molecular complexity index is 522. The average Bonchev–Trinajstić information content (AvgIpc) is 2.61. The monoisotopic (exact) mass is 341 g/mol. The topological polar surface area (TPSA) is 97.7 Å². The van der Waals surface area contributed by atoms with Gasteiger partial charge in [0.2, 0.25) is 0 Å². The van der Waals surface area contributed by atoms with E-state index in [1.54, 1.807) is 6.92 Å². The summed E-state index contributed by atoms with van der Waals surface area (Å²) in [5.41, 5.74) is 0.819. The molecule has 1 aliphatic rings. The summed E-state index contributed by atoms with van der Waals surface area (Å²) in [6.45, 7) is 1.61. The minimum Gasteiger partial charge on any atom is -0.443 e. The Balaban J connectivity index is 2.05. The van der Waals surface area contributed by atoms with Crippen LogP contribution in [0, 0.1) is 0 Å². The van der Waals surface area contributed by atoms with E-state index in [0.717, 1.165) is 10.6 Å². The van der Waals surface area contributed by atoms with Crippen LogP contribution in [0.3, 0.4) is 0 Å². The van der Waals surface area contributed by atoms with E-state index in [0.29, 0.717) is 0 Å². The molecule has 0 bridgehead atoms. The van der Waals surface area contributed by atoms with Crippen LogP contribution >= 0.6 is 0 Å². The van der Waals surface area contributed by atoms with Crippen molar-refractivity contribution in [3.8, 4) is 0 Å². The number of aliphatic hydroxyl groups excluding tert-OH is 2. The Morgan fingerprint density at radius 2 is 1.83 bits per heavy atom. The molecule has 1 heterocycles. The van der Waals surface area contributed by atoms with Gasteiger partial charge in [0.05, 0.1) is 6.04 Å². The predicted molar refractivity (Wildman–Crippen MR) is 82.6 cm³/mol. The van der Waals surface area contributed by atoms with Gasteiger partial charge >= 0.3 is 6.09 Å². The highest BCUT2D eigenvalue weighted by Crippen LogP contribution is 2.25. The second-order valence-electron chi connectivity index (χ2n) is 5.50. The Labute approximate surface area is 140 Å². The van der Waals surface area contributed by atoms with E-state index in [4.69, 9.17) is 19.0 Å². The molecule has 24 heavy (non-hydrogen) atoms. The Hall–Kier alpha value is -1.71. The number of carbonyl (C=O) groups is 1. The van der Waals surface area contributed by atoms with Gasteiger partial charge in [-0.15, -0.1) is 0 Å². The van der Waals surface area contributed by atoms with Gasteiger partial charge in [0, 0.05) is 14.2 Å². The molecule has 0 unspecified atom stereocenters. The van der Waals surface area contributed by atoms with E-state index in [2.05, 4.69) is 0 Å². The summed E-state index contributed by atoms with van der Waals surface area (Å²) in [6.07, 6.45) is -5.31. The third kappa shape index (κ3) is 4.03. The van der Waals surface area contributed by atoms with Gasteiger partial charge < -0.3 is 24.4 Å². The molecule has 4 atom stereocenters. The first-order valence-electron chi connectivity index (χ1n) is 7.58.